The number of carbonyl (C=O) groups excluding carboxylic acids is 1. The monoisotopic (exact) mass is 284 g/mol. The Morgan fingerprint density at radius 3 is 2.50 bits per heavy atom. The van der Waals surface area contributed by atoms with Gasteiger partial charge in [-0.2, -0.15) is 0 Å². The van der Waals surface area contributed by atoms with Crippen LogP contribution in [0, 0.1) is 0 Å². The highest BCUT2D eigenvalue weighted by molar-refractivity contribution is 9.10. The highest BCUT2D eigenvalue weighted by atomic mass is 79.9. The van der Waals surface area contributed by atoms with Crippen molar-refractivity contribution in [1.29, 1.82) is 0 Å². The Labute approximate surface area is 105 Å². The van der Waals surface area contributed by atoms with Crippen molar-refractivity contribution in [3.8, 4) is 0 Å². The van der Waals surface area contributed by atoms with Crippen molar-refractivity contribution in [3.05, 3.63) is 34.3 Å². The number of hydrogen-bond acceptors (Lipinski definition) is 2. The van der Waals surface area contributed by atoms with Crippen molar-refractivity contribution in [2.75, 3.05) is 0 Å². The number of carbonyl (C=O) groups is 1. The van der Waals surface area contributed by atoms with Gasteiger partial charge in [-0.3, -0.25) is 4.79 Å². The van der Waals surface area contributed by atoms with E-state index < -0.39 is 5.54 Å². The first kappa shape index (κ1) is 13.2. The Balaban J connectivity index is 2.78. The van der Waals surface area contributed by atoms with Gasteiger partial charge in [-0.15, -0.1) is 0 Å². The maximum atomic E-state index is 11.7. The molecule has 0 aliphatic heterocycles. The molecule has 0 saturated heterocycles. The highest BCUT2D eigenvalue weighted by Crippen LogP contribution is 2.22. The molecular formula is C12H17BrN2O. The van der Waals surface area contributed by atoms with E-state index in [0.29, 0.717) is 0 Å². The molecule has 0 heterocycles. The van der Waals surface area contributed by atoms with Crippen molar-refractivity contribution < 1.29 is 4.79 Å². The van der Waals surface area contributed by atoms with Crippen molar-refractivity contribution in [2.24, 2.45) is 5.73 Å². The van der Waals surface area contributed by atoms with Crippen LogP contribution in [0.5, 0.6) is 0 Å². The summed E-state index contributed by atoms with van der Waals surface area (Å²) in [6, 6.07) is 7.74. The number of halogens is 1. The molecule has 88 valence electrons. The lowest BCUT2D eigenvalue weighted by Gasteiger charge is -2.22. The van der Waals surface area contributed by atoms with Gasteiger partial charge in [0.1, 0.15) is 0 Å². The zero-order valence-electron chi connectivity index (χ0n) is 9.75. The normalized spacial score (nSPS) is 13.3. The maximum Gasteiger partial charge on any atom is 0.239 e. The molecule has 1 atom stereocenters. The van der Waals surface area contributed by atoms with E-state index in [2.05, 4.69) is 21.2 Å². The zero-order valence-corrected chi connectivity index (χ0v) is 11.3. The van der Waals surface area contributed by atoms with Crippen LogP contribution in [0.4, 0.5) is 0 Å². The predicted molar refractivity (Wildman–Crippen MR) is 69.0 cm³/mol. The predicted octanol–water partition coefficient (Wildman–Crippen LogP) is 2.36. The Bertz CT molecular complexity index is 385. The van der Waals surface area contributed by atoms with Gasteiger partial charge in [-0.05, 0) is 32.4 Å². The third-order valence-corrected chi connectivity index (χ3v) is 3.03. The lowest BCUT2D eigenvalue weighted by molar-refractivity contribution is -0.125. The average molecular weight is 285 g/mol. The quantitative estimate of drug-likeness (QED) is 0.895. The van der Waals surface area contributed by atoms with Crippen molar-refractivity contribution in [1.82, 2.24) is 5.32 Å². The second-order valence-corrected chi connectivity index (χ2v) is 5.29. The molecule has 0 radical (unpaired) electrons. The maximum absolute atomic E-state index is 11.7. The molecule has 1 amide bonds. The van der Waals surface area contributed by atoms with Gasteiger partial charge in [-0.25, -0.2) is 0 Å². The minimum Gasteiger partial charge on any atom is -0.348 e. The molecule has 0 spiro atoms. The molecular weight excluding hydrogens is 268 g/mol. The molecule has 3 N–H and O–H groups in total. The molecule has 0 unspecified atom stereocenters. The van der Waals surface area contributed by atoms with E-state index in [4.69, 9.17) is 5.73 Å². The van der Waals surface area contributed by atoms with E-state index in [-0.39, 0.29) is 11.9 Å². The summed E-state index contributed by atoms with van der Waals surface area (Å²) in [7, 11) is 0. The second-order valence-electron chi connectivity index (χ2n) is 4.44. The van der Waals surface area contributed by atoms with Gasteiger partial charge in [0.15, 0.2) is 0 Å². The number of rotatable bonds is 3. The minimum absolute atomic E-state index is 0.0640. The van der Waals surface area contributed by atoms with E-state index in [0.717, 1.165) is 10.0 Å². The summed E-state index contributed by atoms with van der Waals surface area (Å²) >= 11 is 3.45. The molecule has 0 aliphatic rings. The largest absolute Gasteiger partial charge is 0.348 e. The molecule has 1 aromatic rings. The van der Waals surface area contributed by atoms with Crippen LogP contribution in [-0.2, 0) is 4.79 Å². The van der Waals surface area contributed by atoms with E-state index in [1.807, 2.05) is 31.2 Å². The summed E-state index contributed by atoms with van der Waals surface area (Å²) in [4.78, 5) is 11.7. The van der Waals surface area contributed by atoms with Crippen LogP contribution in [0.1, 0.15) is 32.4 Å². The Kier molecular flexibility index (Phi) is 4.10. The zero-order chi connectivity index (χ0) is 12.3. The molecule has 4 heteroatoms. The number of nitrogens with two attached hydrogens (primary N) is 1. The van der Waals surface area contributed by atoms with Gasteiger partial charge in [0.2, 0.25) is 5.91 Å². The van der Waals surface area contributed by atoms with Gasteiger partial charge in [0, 0.05) is 4.47 Å². The Morgan fingerprint density at radius 2 is 2.00 bits per heavy atom. The summed E-state index contributed by atoms with van der Waals surface area (Å²) in [6.45, 7) is 5.31. The molecule has 0 aliphatic carbocycles. The summed E-state index contributed by atoms with van der Waals surface area (Å²) in [6.07, 6.45) is 0. The smallest absolute Gasteiger partial charge is 0.239 e. The van der Waals surface area contributed by atoms with E-state index in [1.54, 1.807) is 13.8 Å². The van der Waals surface area contributed by atoms with Crippen LogP contribution in [0.3, 0.4) is 0 Å². The molecule has 0 fully saturated rings. The first-order valence-electron chi connectivity index (χ1n) is 5.16. The van der Waals surface area contributed by atoms with Crippen LogP contribution in [0.25, 0.3) is 0 Å². The van der Waals surface area contributed by atoms with Gasteiger partial charge < -0.3 is 11.1 Å². The summed E-state index contributed by atoms with van der Waals surface area (Å²) in [5.41, 5.74) is 5.91. The van der Waals surface area contributed by atoms with Gasteiger partial charge >= 0.3 is 0 Å². The van der Waals surface area contributed by atoms with Gasteiger partial charge in [0.05, 0.1) is 11.6 Å². The lowest BCUT2D eigenvalue weighted by Crippen LogP contribution is -2.49. The van der Waals surface area contributed by atoms with Crippen molar-refractivity contribution in [3.63, 3.8) is 0 Å². The first-order chi connectivity index (χ1) is 7.32. The summed E-state index contributed by atoms with van der Waals surface area (Å²) in [5.74, 6) is -0.157. The number of benzene rings is 1. The fraction of sp³-hybridized carbons (Fsp3) is 0.417. The van der Waals surface area contributed by atoms with E-state index >= 15 is 0 Å². The second kappa shape index (κ2) is 4.97. The van der Waals surface area contributed by atoms with Gasteiger partial charge in [-0.1, -0.05) is 34.1 Å². The molecule has 0 saturated carbocycles. The van der Waals surface area contributed by atoms with E-state index in [9.17, 15) is 4.79 Å². The topological polar surface area (TPSA) is 55.1 Å². The summed E-state index contributed by atoms with van der Waals surface area (Å²) in [5, 5.41) is 2.88. The number of hydrogen-bond donors (Lipinski definition) is 2. The van der Waals surface area contributed by atoms with Crippen LogP contribution in [0.15, 0.2) is 28.7 Å². The molecule has 3 nitrogen and oxygen atoms in total. The standard InChI is InChI=1S/C12H17BrN2O/c1-8(15-11(16)12(2,3)14)9-6-4-5-7-10(9)13/h4-8H,14H2,1-3H3,(H,15,16)/t8-/m0/s1. The van der Waals surface area contributed by atoms with Crippen LogP contribution in [-0.4, -0.2) is 11.4 Å². The van der Waals surface area contributed by atoms with Crippen LogP contribution in [0.2, 0.25) is 0 Å². The van der Waals surface area contributed by atoms with E-state index in [1.165, 1.54) is 0 Å². The first-order valence-corrected chi connectivity index (χ1v) is 5.96. The third kappa shape index (κ3) is 3.32. The van der Waals surface area contributed by atoms with Crippen molar-refractivity contribution >= 4 is 21.8 Å². The Hall–Kier alpha value is -0.870. The van der Waals surface area contributed by atoms with Crippen LogP contribution >= 0.6 is 15.9 Å². The van der Waals surface area contributed by atoms with Crippen molar-refractivity contribution in [2.45, 2.75) is 32.4 Å². The van der Waals surface area contributed by atoms with Gasteiger partial charge in [0.25, 0.3) is 0 Å². The molecule has 16 heavy (non-hydrogen) atoms. The molecule has 1 aromatic carbocycles. The average Bonchev–Trinajstić information content (AvgIpc) is 2.16. The summed E-state index contributed by atoms with van der Waals surface area (Å²) < 4.78 is 0.984. The molecule has 1 rings (SSSR count). The minimum atomic E-state index is -0.852. The fourth-order valence-corrected chi connectivity index (χ4v) is 1.91. The number of amides is 1. The highest BCUT2D eigenvalue weighted by Gasteiger charge is 2.23. The fourth-order valence-electron chi connectivity index (χ4n) is 1.29. The van der Waals surface area contributed by atoms with Crippen LogP contribution < -0.4 is 11.1 Å². The SMILES string of the molecule is C[C@H](NC(=O)C(C)(C)N)c1ccccc1Br. The third-order valence-electron chi connectivity index (χ3n) is 2.30. The molecule has 0 aromatic heterocycles. The molecule has 0 bridgehead atoms. The Morgan fingerprint density at radius 1 is 1.44 bits per heavy atom. The lowest BCUT2D eigenvalue weighted by atomic mass is 10.0. The number of nitrogens with one attached hydrogen (secondary N) is 1.